The van der Waals surface area contributed by atoms with Crippen molar-refractivity contribution in [2.45, 2.75) is 19.3 Å². The quantitative estimate of drug-likeness (QED) is 0.810. The molecule has 0 atom stereocenters. The lowest BCUT2D eigenvalue weighted by Crippen LogP contribution is -2.47. The summed E-state index contributed by atoms with van der Waals surface area (Å²) >= 11 is 1.64. The standard InChI is InChI=1S/C13H22N4O3S2/c18-22(19,17-7-9-20-10-8-17)14-4-3-12-11-21-13(15-12)16-5-1-2-6-16/h11,14H,1-10H2. The summed E-state index contributed by atoms with van der Waals surface area (Å²) in [7, 11) is -3.39. The molecule has 124 valence electrons. The van der Waals surface area contributed by atoms with Gasteiger partial charge in [-0.2, -0.15) is 12.7 Å². The van der Waals surface area contributed by atoms with Crippen molar-refractivity contribution in [2.75, 3.05) is 50.8 Å². The number of morpholine rings is 1. The number of hydrogen-bond donors (Lipinski definition) is 1. The minimum atomic E-state index is -3.39. The van der Waals surface area contributed by atoms with E-state index in [2.05, 4.69) is 14.6 Å². The lowest BCUT2D eigenvalue weighted by molar-refractivity contribution is 0.0725. The van der Waals surface area contributed by atoms with Gasteiger partial charge in [0.15, 0.2) is 5.13 Å². The molecule has 2 fully saturated rings. The normalized spacial score (nSPS) is 20.6. The van der Waals surface area contributed by atoms with E-state index in [1.54, 1.807) is 11.3 Å². The van der Waals surface area contributed by atoms with Crippen molar-refractivity contribution in [2.24, 2.45) is 0 Å². The molecule has 3 heterocycles. The van der Waals surface area contributed by atoms with E-state index in [1.807, 2.05) is 5.38 Å². The Morgan fingerprint density at radius 1 is 1.23 bits per heavy atom. The van der Waals surface area contributed by atoms with Gasteiger partial charge in [0.25, 0.3) is 10.2 Å². The van der Waals surface area contributed by atoms with Crippen LogP contribution in [0.4, 0.5) is 5.13 Å². The highest BCUT2D eigenvalue weighted by atomic mass is 32.2. The number of rotatable bonds is 6. The van der Waals surface area contributed by atoms with E-state index in [9.17, 15) is 8.42 Å². The number of thiazole rings is 1. The first-order valence-electron chi connectivity index (χ1n) is 7.67. The van der Waals surface area contributed by atoms with Crippen LogP contribution in [0.1, 0.15) is 18.5 Å². The molecule has 0 spiro atoms. The summed E-state index contributed by atoms with van der Waals surface area (Å²) < 4.78 is 33.5. The van der Waals surface area contributed by atoms with E-state index in [0.717, 1.165) is 23.9 Å². The van der Waals surface area contributed by atoms with Gasteiger partial charge in [0.1, 0.15) is 0 Å². The molecule has 0 amide bonds. The molecule has 9 heteroatoms. The van der Waals surface area contributed by atoms with Crippen LogP contribution in [0, 0.1) is 0 Å². The van der Waals surface area contributed by atoms with E-state index < -0.39 is 10.2 Å². The van der Waals surface area contributed by atoms with Crippen LogP contribution in [0.15, 0.2) is 5.38 Å². The Kier molecular flexibility index (Phi) is 5.29. The minimum absolute atomic E-state index is 0.378. The van der Waals surface area contributed by atoms with Gasteiger partial charge >= 0.3 is 0 Å². The van der Waals surface area contributed by atoms with Gasteiger partial charge in [-0.3, -0.25) is 0 Å². The largest absolute Gasteiger partial charge is 0.379 e. The Labute approximate surface area is 135 Å². The van der Waals surface area contributed by atoms with Gasteiger partial charge in [-0.15, -0.1) is 11.3 Å². The monoisotopic (exact) mass is 346 g/mol. The molecule has 0 aromatic carbocycles. The molecular formula is C13H22N4O3S2. The Morgan fingerprint density at radius 3 is 2.68 bits per heavy atom. The van der Waals surface area contributed by atoms with E-state index in [-0.39, 0.29) is 0 Å². The molecule has 0 unspecified atom stereocenters. The van der Waals surface area contributed by atoms with Crippen molar-refractivity contribution in [3.63, 3.8) is 0 Å². The van der Waals surface area contributed by atoms with Crippen LogP contribution >= 0.6 is 11.3 Å². The maximum atomic E-state index is 12.1. The molecule has 0 bridgehead atoms. The number of aromatic nitrogens is 1. The molecular weight excluding hydrogens is 324 g/mol. The van der Waals surface area contributed by atoms with Gasteiger partial charge < -0.3 is 9.64 Å². The van der Waals surface area contributed by atoms with Crippen molar-refractivity contribution >= 4 is 26.7 Å². The lowest BCUT2D eigenvalue weighted by atomic mass is 10.3. The summed E-state index contributed by atoms with van der Waals surface area (Å²) in [6.07, 6.45) is 3.08. The Bertz CT molecular complexity index is 578. The summed E-state index contributed by atoms with van der Waals surface area (Å²) in [6.45, 7) is 4.31. The Morgan fingerprint density at radius 2 is 1.95 bits per heavy atom. The maximum Gasteiger partial charge on any atom is 0.279 e. The van der Waals surface area contributed by atoms with Crippen LogP contribution in [-0.4, -0.2) is 63.6 Å². The molecule has 3 rings (SSSR count). The fourth-order valence-electron chi connectivity index (χ4n) is 2.65. The second-order valence-corrected chi connectivity index (χ2v) is 8.07. The van der Waals surface area contributed by atoms with Crippen LogP contribution in [0.5, 0.6) is 0 Å². The summed E-state index contributed by atoms with van der Waals surface area (Å²) in [4.78, 5) is 6.90. The average molecular weight is 346 g/mol. The van der Waals surface area contributed by atoms with Crippen molar-refractivity contribution in [3.8, 4) is 0 Å². The zero-order chi connectivity index (χ0) is 15.4. The fourth-order valence-corrected chi connectivity index (χ4v) is 4.74. The Balaban J connectivity index is 1.48. The third-order valence-electron chi connectivity index (χ3n) is 3.89. The van der Waals surface area contributed by atoms with Crippen LogP contribution in [0.25, 0.3) is 0 Å². The highest BCUT2D eigenvalue weighted by molar-refractivity contribution is 7.87. The summed E-state index contributed by atoms with van der Waals surface area (Å²) in [6, 6.07) is 0. The number of ether oxygens (including phenoxy) is 1. The topological polar surface area (TPSA) is 74.8 Å². The highest BCUT2D eigenvalue weighted by Crippen LogP contribution is 2.24. The molecule has 1 N–H and O–H groups in total. The smallest absolute Gasteiger partial charge is 0.279 e. The summed E-state index contributed by atoms with van der Waals surface area (Å²) in [5.74, 6) is 0. The zero-order valence-electron chi connectivity index (χ0n) is 12.5. The minimum Gasteiger partial charge on any atom is -0.379 e. The van der Waals surface area contributed by atoms with Crippen molar-refractivity contribution in [3.05, 3.63) is 11.1 Å². The van der Waals surface area contributed by atoms with Crippen LogP contribution in [0.3, 0.4) is 0 Å². The van der Waals surface area contributed by atoms with Gasteiger partial charge in [-0.1, -0.05) is 0 Å². The van der Waals surface area contributed by atoms with Gasteiger partial charge in [0.05, 0.1) is 18.9 Å². The zero-order valence-corrected chi connectivity index (χ0v) is 14.2. The second-order valence-electron chi connectivity index (χ2n) is 5.48. The average Bonchev–Trinajstić information content (AvgIpc) is 3.19. The first-order valence-corrected chi connectivity index (χ1v) is 9.99. The molecule has 7 nitrogen and oxygen atoms in total. The molecule has 0 radical (unpaired) electrons. The Hall–Kier alpha value is -0.740. The highest BCUT2D eigenvalue weighted by Gasteiger charge is 2.23. The van der Waals surface area contributed by atoms with Gasteiger partial charge in [0.2, 0.25) is 0 Å². The van der Waals surface area contributed by atoms with Crippen LogP contribution in [0.2, 0.25) is 0 Å². The molecule has 2 aliphatic rings. The third-order valence-corrected chi connectivity index (χ3v) is 6.46. The number of anilines is 1. The number of hydrogen-bond acceptors (Lipinski definition) is 6. The van der Waals surface area contributed by atoms with Crippen LogP contribution < -0.4 is 9.62 Å². The lowest BCUT2D eigenvalue weighted by Gasteiger charge is -2.25. The molecule has 22 heavy (non-hydrogen) atoms. The molecule has 0 saturated carbocycles. The molecule has 1 aromatic rings. The first kappa shape index (κ1) is 16.1. The third kappa shape index (κ3) is 3.96. The van der Waals surface area contributed by atoms with E-state index >= 15 is 0 Å². The predicted octanol–water partition coefficient (Wildman–Crippen LogP) is 0.452. The summed E-state index contributed by atoms with van der Waals surface area (Å²) in [5, 5.41) is 3.08. The predicted molar refractivity (Wildman–Crippen MR) is 86.6 cm³/mol. The molecule has 2 saturated heterocycles. The second kappa shape index (κ2) is 7.22. The first-order chi connectivity index (χ1) is 10.6. The van der Waals surface area contributed by atoms with Gasteiger partial charge in [-0.25, -0.2) is 9.71 Å². The maximum absolute atomic E-state index is 12.1. The molecule has 0 aliphatic carbocycles. The molecule has 1 aromatic heterocycles. The van der Waals surface area contributed by atoms with Crippen molar-refractivity contribution < 1.29 is 13.2 Å². The SMILES string of the molecule is O=S(=O)(NCCc1csc(N2CCCC2)n1)N1CCOCC1. The number of nitrogens with one attached hydrogen (secondary N) is 1. The van der Waals surface area contributed by atoms with Crippen molar-refractivity contribution in [1.82, 2.24) is 14.0 Å². The van der Waals surface area contributed by atoms with E-state index in [0.29, 0.717) is 39.3 Å². The van der Waals surface area contributed by atoms with Crippen LogP contribution in [-0.2, 0) is 21.4 Å². The number of nitrogens with zero attached hydrogens (tertiary/aromatic N) is 3. The van der Waals surface area contributed by atoms with Gasteiger partial charge in [0, 0.05) is 44.5 Å². The van der Waals surface area contributed by atoms with Gasteiger partial charge in [-0.05, 0) is 12.8 Å². The van der Waals surface area contributed by atoms with E-state index in [4.69, 9.17) is 4.74 Å². The fraction of sp³-hybridized carbons (Fsp3) is 0.769. The molecule has 2 aliphatic heterocycles. The van der Waals surface area contributed by atoms with Crippen molar-refractivity contribution in [1.29, 1.82) is 0 Å². The summed E-state index contributed by atoms with van der Waals surface area (Å²) in [5.41, 5.74) is 0.955. The van der Waals surface area contributed by atoms with E-state index in [1.165, 1.54) is 17.1 Å².